The van der Waals surface area contributed by atoms with Crippen LogP contribution >= 0.6 is 0 Å². The third kappa shape index (κ3) is 2.06. The quantitative estimate of drug-likeness (QED) is 0.721. The van der Waals surface area contributed by atoms with Gasteiger partial charge in [-0.1, -0.05) is 5.16 Å². The van der Waals surface area contributed by atoms with Crippen molar-refractivity contribution in [1.82, 2.24) is 10.5 Å². The molecule has 1 rings (SSSR count). The van der Waals surface area contributed by atoms with Crippen molar-refractivity contribution >= 4 is 5.91 Å². The van der Waals surface area contributed by atoms with E-state index in [0.29, 0.717) is 5.56 Å². The standard InChI is InChI=1S/C8H9N3O2/c1-5-4-10-13-7(5)8(12)11-6(2)3-9/h4,6H,1-2H3,(H,11,12)/t6-/m1/s1. The lowest BCUT2D eigenvalue weighted by Gasteiger charge is -2.02. The average molecular weight is 179 g/mol. The van der Waals surface area contributed by atoms with Crippen LogP contribution in [0.2, 0.25) is 0 Å². The van der Waals surface area contributed by atoms with Crippen molar-refractivity contribution < 1.29 is 9.32 Å². The maximum absolute atomic E-state index is 11.3. The molecule has 1 amide bonds. The summed E-state index contributed by atoms with van der Waals surface area (Å²) >= 11 is 0. The molecule has 0 unspecified atom stereocenters. The highest BCUT2D eigenvalue weighted by Crippen LogP contribution is 2.05. The van der Waals surface area contributed by atoms with Gasteiger partial charge in [0.05, 0.1) is 12.3 Å². The zero-order valence-corrected chi connectivity index (χ0v) is 7.37. The number of aromatic nitrogens is 1. The van der Waals surface area contributed by atoms with Crippen LogP contribution in [0.25, 0.3) is 0 Å². The van der Waals surface area contributed by atoms with E-state index in [4.69, 9.17) is 9.78 Å². The SMILES string of the molecule is Cc1cnoc1C(=O)N[C@H](C)C#N. The predicted octanol–water partition coefficient (Wildman–Crippen LogP) is 0.625. The Morgan fingerprint density at radius 3 is 3.00 bits per heavy atom. The minimum atomic E-state index is -0.531. The number of carbonyl (C=O) groups excluding carboxylic acids is 1. The Labute approximate surface area is 75.3 Å². The number of nitrogens with one attached hydrogen (secondary N) is 1. The summed E-state index contributed by atoms with van der Waals surface area (Å²) in [5, 5.41) is 14.3. The van der Waals surface area contributed by atoms with Crippen molar-refractivity contribution in [3.05, 3.63) is 17.5 Å². The minimum Gasteiger partial charge on any atom is -0.351 e. The molecule has 0 saturated carbocycles. The molecular weight excluding hydrogens is 170 g/mol. The van der Waals surface area contributed by atoms with Crippen molar-refractivity contribution in [3.63, 3.8) is 0 Å². The molecule has 0 saturated heterocycles. The number of aryl methyl sites for hydroxylation is 1. The fourth-order valence-electron chi connectivity index (χ4n) is 0.804. The van der Waals surface area contributed by atoms with Crippen LogP contribution in [-0.4, -0.2) is 17.1 Å². The molecule has 5 nitrogen and oxygen atoms in total. The second kappa shape index (κ2) is 3.72. The van der Waals surface area contributed by atoms with Crippen LogP contribution in [0, 0.1) is 18.3 Å². The van der Waals surface area contributed by atoms with Gasteiger partial charge in [0.15, 0.2) is 0 Å². The molecule has 0 aliphatic carbocycles. The van der Waals surface area contributed by atoms with Crippen LogP contribution < -0.4 is 5.32 Å². The maximum atomic E-state index is 11.3. The molecule has 1 N–H and O–H groups in total. The first-order valence-electron chi connectivity index (χ1n) is 3.77. The van der Waals surface area contributed by atoms with Gasteiger partial charge in [0.1, 0.15) is 6.04 Å². The molecule has 0 fully saturated rings. The lowest BCUT2D eigenvalue weighted by atomic mass is 10.2. The number of hydrogen-bond donors (Lipinski definition) is 1. The molecule has 0 spiro atoms. The van der Waals surface area contributed by atoms with E-state index >= 15 is 0 Å². The van der Waals surface area contributed by atoms with E-state index in [1.807, 2.05) is 6.07 Å². The summed E-state index contributed by atoms with van der Waals surface area (Å²) in [5.74, 6) is -0.258. The molecule has 1 atom stereocenters. The van der Waals surface area contributed by atoms with E-state index < -0.39 is 11.9 Å². The molecule has 13 heavy (non-hydrogen) atoms. The van der Waals surface area contributed by atoms with E-state index in [1.54, 1.807) is 13.8 Å². The largest absolute Gasteiger partial charge is 0.351 e. The Morgan fingerprint density at radius 1 is 1.85 bits per heavy atom. The van der Waals surface area contributed by atoms with Crippen molar-refractivity contribution in [2.75, 3.05) is 0 Å². The summed E-state index contributed by atoms with van der Waals surface area (Å²) in [5.41, 5.74) is 0.655. The van der Waals surface area contributed by atoms with Crippen molar-refractivity contribution in [2.24, 2.45) is 0 Å². The minimum absolute atomic E-state index is 0.155. The maximum Gasteiger partial charge on any atom is 0.291 e. The number of rotatable bonds is 2. The van der Waals surface area contributed by atoms with Gasteiger partial charge in [-0.3, -0.25) is 4.79 Å². The summed E-state index contributed by atoms with van der Waals surface area (Å²) in [6.07, 6.45) is 1.45. The lowest BCUT2D eigenvalue weighted by molar-refractivity contribution is 0.0910. The van der Waals surface area contributed by atoms with Gasteiger partial charge in [0, 0.05) is 5.56 Å². The average Bonchev–Trinajstić information content (AvgIpc) is 2.51. The van der Waals surface area contributed by atoms with Crippen LogP contribution in [0.5, 0.6) is 0 Å². The third-order valence-electron chi connectivity index (χ3n) is 1.50. The summed E-state index contributed by atoms with van der Waals surface area (Å²) in [7, 11) is 0. The molecule has 0 bridgehead atoms. The fraction of sp³-hybridized carbons (Fsp3) is 0.375. The first-order valence-corrected chi connectivity index (χ1v) is 3.77. The zero-order chi connectivity index (χ0) is 9.84. The Balaban J connectivity index is 2.71. The van der Waals surface area contributed by atoms with E-state index in [-0.39, 0.29) is 5.76 Å². The first-order chi connectivity index (χ1) is 6.15. The van der Waals surface area contributed by atoms with Crippen molar-refractivity contribution in [2.45, 2.75) is 19.9 Å². The first kappa shape index (κ1) is 9.26. The van der Waals surface area contributed by atoms with Crippen LogP contribution in [-0.2, 0) is 0 Å². The molecule has 0 aliphatic rings. The van der Waals surface area contributed by atoms with E-state index in [0.717, 1.165) is 0 Å². The highest BCUT2D eigenvalue weighted by atomic mass is 16.5. The van der Waals surface area contributed by atoms with E-state index in [1.165, 1.54) is 6.20 Å². The molecule has 0 radical (unpaired) electrons. The van der Waals surface area contributed by atoms with Crippen LogP contribution in [0.15, 0.2) is 10.7 Å². The van der Waals surface area contributed by atoms with Gasteiger partial charge in [-0.2, -0.15) is 5.26 Å². The Hall–Kier alpha value is -1.83. The van der Waals surface area contributed by atoms with Gasteiger partial charge in [0.25, 0.3) is 5.91 Å². The van der Waals surface area contributed by atoms with Crippen molar-refractivity contribution in [3.8, 4) is 6.07 Å². The highest BCUT2D eigenvalue weighted by molar-refractivity contribution is 5.92. The van der Waals surface area contributed by atoms with Crippen molar-refractivity contribution in [1.29, 1.82) is 5.26 Å². The van der Waals surface area contributed by atoms with Gasteiger partial charge < -0.3 is 9.84 Å². The number of amides is 1. The predicted molar refractivity (Wildman–Crippen MR) is 43.8 cm³/mol. The van der Waals surface area contributed by atoms with Gasteiger partial charge in [-0.05, 0) is 13.8 Å². The number of hydrogen-bond acceptors (Lipinski definition) is 4. The Morgan fingerprint density at radius 2 is 2.54 bits per heavy atom. The van der Waals surface area contributed by atoms with Gasteiger partial charge in [-0.25, -0.2) is 0 Å². The van der Waals surface area contributed by atoms with Gasteiger partial charge in [0.2, 0.25) is 5.76 Å². The molecule has 0 aromatic carbocycles. The molecule has 5 heteroatoms. The monoisotopic (exact) mass is 179 g/mol. The molecule has 1 aromatic heterocycles. The zero-order valence-electron chi connectivity index (χ0n) is 7.37. The van der Waals surface area contributed by atoms with Crippen LogP contribution in [0.4, 0.5) is 0 Å². The molecule has 0 aliphatic heterocycles. The van der Waals surface area contributed by atoms with Crippen LogP contribution in [0.3, 0.4) is 0 Å². The molecule has 1 aromatic rings. The second-order valence-corrected chi connectivity index (χ2v) is 2.66. The van der Waals surface area contributed by atoms with E-state index in [2.05, 4.69) is 10.5 Å². The van der Waals surface area contributed by atoms with E-state index in [9.17, 15) is 4.79 Å². The Bertz CT molecular complexity index is 351. The topological polar surface area (TPSA) is 78.9 Å². The molecule has 68 valence electrons. The normalized spacial score (nSPS) is 11.8. The summed E-state index contributed by atoms with van der Waals surface area (Å²) in [6, 6.07) is 1.35. The lowest BCUT2D eigenvalue weighted by Crippen LogP contribution is -2.31. The Kier molecular flexibility index (Phi) is 2.65. The highest BCUT2D eigenvalue weighted by Gasteiger charge is 2.15. The summed E-state index contributed by atoms with van der Waals surface area (Å²) < 4.78 is 4.70. The molecular formula is C8H9N3O2. The number of nitrogens with zero attached hydrogens (tertiary/aromatic N) is 2. The number of nitriles is 1. The second-order valence-electron chi connectivity index (χ2n) is 2.66. The molecule has 1 heterocycles. The fourth-order valence-corrected chi connectivity index (χ4v) is 0.804. The summed E-state index contributed by atoms with van der Waals surface area (Å²) in [6.45, 7) is 3.30. The van der Waals surface area contributed by atoms with Crippen LogP contribution in [0.1, 0.15) is 23.0 Å². The van der Waals surface area contributed by atoms with Gasteiger partial charge >= 0.3 is 0 Å². The third-order valence-corrected chi connectivity index (χ3v) is 1.50. The smallest absolute Gasteiger partial charge is 0.291 e. The summed E-state index contributed by atoms with van der Waals surface area (Å²) in [4.78, 5) is 11.3. The number of carbonyl (C=O) groups is 1. The van der Waals surface area contributed by atoms with Gasteiger partial charge in [-0.15, -0.1) is 0 Å².